The Morgan fingerprint density at radius 1 is 1.11 bits per heavy atom. The van der Waals surface area contributed by atoms with E-state index >= 15 is 0 Å². The van der Waals surface area contributed by atoms with Gasteiger partial charge in [0.15, 0.2) is 11.5 Å². The number of fused-ring (bicyclic) bond motifs is 1. The highest BCUT2D eigenvalue weighted by atomic mass is 35.5. The van der Waals surface area contributed by atoms with E-state index in [1.54, 1.807) is 30.3 Å². The first-order valence-electron chi connectivity index (χ1n) is 8.64. The van der Waals surface area contributed by atoms with Crippen LogP contribution in [0.15, 0.2) is 41.3 Å². The van der Waals surface area contributed by atoms with Gasteiger partial charge in [-0.1, -0.05) is 17.7 Å². The predicted octanol–water partition coefficient (Wildman–Crippen LogP) is 0.864. The summed E-state index contributed by atoms with van der Waals surface area (Å²) in [6.45, 7) is 2.87. The molecule has 0 unspecified atom stereocenters. The highest BCUT2D eigenvalue weighted by Crippen LogP contribution is 2.37. The molecule has 2 heterocycles. The number of sulfonamides is 1. The number of phenolic OH excluding ortho intramolecular Hbond substituents is 1. The third-order valence-electron chi connectivity index (χ3n) is 4.88. The summed E-state index contributed by atoms with van der Waals surface area (Å²) >= 11 is 5.93. The fourth-order valence-corrected chi connectivity index (χ4v) is 5.12. The summed E-state index contributed by atoms with van der Waals surface area (Å²) in [5.41, 5.74) is 0.764. The first-order chi connectivity index (χ1) is 12.9. The molecule has 27 heavy (non-hydrogen) atoms. The van der Waals surface area contributed by atoms with Crippen molar-refractivity contribution >= 4 is 21.6 Å². The molecule has 0 aromatic heterocycles. The summed E-state index contributed by atoms with van der Waals surface area (Å²) in [5, 5.41) is 10.6. The van der Waals surface area contributed by atoms with Crippen molar-refractivity contribution in [3.63, 3.8) is 0 Å². The van der Waals surface area contributed by atoms with Crippen molar-refractivity contribution in [2.45, 2.75) is 11.4 Å². The number of nitrogens with zero attached hydrogens (tertiary/aromatic N) is 1. The summed E-state index contributed by atoms with van der Waals surface area (Å²) < 4.78 is 37.7. The topological polar surface area (TPSA) is 80.5 Å². The van der Waals surface area contributed by atoms with Crippen molar-refractivity contribution < 1.29 is 27.9 Å². The fourth-order valence-electron chi connectivity index (χ4n) is 3.38. The normalized spacial score (nSPS) is 18.0. The number of benzene rings is 2. The molecule has 0 atom stereocenters. The van der Waals surface area contributed by atoms with Crippen LogP contribution in [0.2, 0.25) is 5.02 Å². The average Bonchev–Trinajstić information content (AvgIpc) is 3.09. The van der Waals surface area contributed by atoms with Crippen LogP contribution in [0.3, 0.4) is 0 Å². The van der Waals surface area contributed by atoms with E-state index in [4.69, 9.17) is 21.1 Å². The zero-order chi connectivity index (χ0) is 19.0. The van der Waals surface area contributed by atoms with Gasteiger partial charge in [0.05, 0.1) is 36.6 Å². The lowest BCUT2D eigenvalue weighted by molar-refractivity contribution is -0.917. The van der Waals surface area contributed by atoms with Crippen molar-refractivity contribution in [3.8, 4) is 17.2 Å². The molecule has 2 aliphatic rings. The Hall–Kier alpha value is -2.00. The number of piperazine rings is 1. The second kappa shape index (κ2) is 7.20. The number of nitrogens with one attached hydrogen (secondary N) is 1. The molecule has 1 fully saturated rings. The van der Waals surface area contributed by atoms with Crippen LogP contribution in [0.4, 0.5) is 0 Å². The van der Waals surface area contributed by atoms with E-state index in [-0.39, 0.29) is 17.4 Å². The summed E-state index contributed by atoms with van der Waals surface area (Å²) in [6, 6.07) is 9.68. The van der Waals surface area contributed by atoms with Gasteiger partial charge in [-0.15, -0.1) is 0 Å². The van der Waals surface area contributed by atoms with Crippen molar-refractivity contribution in [1.29, 1.82) is 0 Å². The van der Waals surface area contributed by atoms with Crippen LogP contribution in [0.25, 0.3) is 0 Å². The molecule has 0 aliphatic carbocycles. The van der Waals surface area contributed by atoms with Crippen LogP contribution in [0.1, 0.15) is 5.56 Å². The molecule has 2 aliphatic heterocycles. The van der Waals surface area contributed by atoms with Crippen LogP contribution < -0.4 is 14.4 Å². The summed E-state index contributed by atoms with van der Waals surface area (Å²) in [4.78, 5) is 1.41. The Balaban J connectivity index is 1.42. The van der Waals surface area contributed by atoms with Crippen LogP contribution in [-0.2, 0) is 16.6 Å². The van der Waals surface area contributed by atoms with Gasteiger partial charge in [0, 0.05) is 11.1 Å². The molecule has 1 saturated heterocycles. The van der Waals surface area contributed by atoms with E-state index < -0.39 is 10.0 Å². The maximum absolute atomic E-state index is 12.8. The SMILES string of the molecule is O=S(=O)(c1cccc(Cl)c1)N1CC[NH+](Cc2cc3c(cc2O)OCO3)CC1. The lowest BCUT2D eigenvalue weighted by Crippen LogP contribution is -3.13. The Labute approximate surface area is 162 Å². The fraction of sp³-hybridized carbons (Fsp3) is 0.333. The largest absolute Gasteiger partial charge is 0.507 e. The number of hydrogen-bond donors (Lipinski definition) is 2. The molecule has 0 radical (unpaired) electrons. The molecule has 0 amide bonds. The smallest absolute Gasteiger partial charge is 0.243 e. The summed E-state index contributed by atoms with van der Waals surface area (Å²) in [5.74, 6) is 1.34. The molecule has 7 nitrogen and oxygen atoms in total. The highest BCUT2D eigenvalue weighted by Gasteiger charge is 2.31. The number of aromatic hydroxyl groups is 1. The van der Waals surface area contributed by atoms with E-state index in [1.165, 1.54) is 15.3 Å². The van der Waals surface area contributed by atoms with E-state index in [0.717, 1.165) is 5.56 Å². The molecule has 9 heteroatoms. The first-order valence-corrected chi connectivity index (χ1v) is 10.5. The standard InChI is InChI=1S/C18H19ClN2O5S/c19-14-2-1-3-15(9-14)27(23,24)21-6-4-20(5-7-21)11-13-8-17-18(10-16(13)22)26-12-25-17/h1-3,8-10,22H,4-7,11-12H2/p+1. The number of rotatable bonds is 4. The molecule has 2 aromatic rings. The summed E-state index contributed by atoms with van der Waals surface area (Å²) in [6.07, 6.45) is 0. The van der Waals surface area contributed by atoms with E-state index in [2.05, 4.69) is 0 Å². The zero-order valence-corrected chi connectivity index (χ0v) is 16.1. The zero-order valence-electron chi connectivity index (χ0n) is 14.5. The average molecular weight is 412 g/mol. The van der Waals surface area contributed by atoms with Gasteiger partial charge in [-0.25, -0.2) is 8.42 Å². The number of ether oxygens (including phenoxy) is 2. The van der Waals surface area contributed by atoms with E-state index in [1.807, 2.05) is 0 Å². The number of hydrogen-bond acceptors (Lipinski definition) is 5. The third-order valence-corrected chi connectivity index (χ3v) is 7.01. The van der Waals surface area contributed by atoms with E-state index in [0.29, 0.717) is 49.2 Å². The highest BCUT2D eigenvalue weighted by molar-refractivity contribution is 7.89. The van der Waals surface area contributed by atoms with Gasteiger partial charge in [-0.3, -0.25) is 0 Å². The van der Waals surface area contributed by atoms with Gasteiger partial charge in [-0.2, -0.15) is 4.31 Å². The van der Waals surface area contributed by atoms with Crippen molar-refractivity contribution in [3.05, 3.63) is 47.0 Å². The predicted molar refractivity (Wildman–Crippen MR) is 98.8 cm³/mol. The molecule has 0 bridgehead atoms. The maximum Gasteiger partial charge on any atom is 0.243 e. The molecular weight excluding hydrogens is 392 g/mol. The van der Waals surface area contributed by atoms with Gasteiger partial charge in [0.25, 0.3) is 0 Å². The number of quaternary nitrogens is 1. The molecule has 0 spiro atoms. The lowest BCUT2D eigenvalue weighted by Gasteiger charge is -2.31. The van der Waals surface area contributed by atoms with Crippen LogP contribution in [-0.4, -0.2) is 50.8 Å². The Morgan fingerprint density at radius 2 is 1.81 bits per heavy atom. The Bertz CT molecular complexity index is 958. The molecule has 144 valence electrons. The van der Waals surface area contributed by atoms with Crippen molar-refractivity contribution in [1.82, 2.24) is 4.31 Å². The minimum Gasteiger partial charge on any atom is -0.507 e. The van der Waals surface area contributed by atoms with Gasteiger partial charge in [0.2, 0.25) is 16.8 Å². The molecule has 4 rings (SSSR count). The minimum absolute atomic E-state index is 0.158. The monoisotopic (exact) mass is 411 g/mol. The Kier molecular flexibility index (Phi) is 4.90. The van der Waals surface area contributed by atoms with Crippen LogP contribution in [0, 0.1) is 0 Å². The Morgan fingerprint density at radius 3 is 2.52 bits per heavy atom. The minimum atomic E-state index is -3.55. The molecular formula is C18H20ClN2O5S+. The van der Waals surface area contributed by atoms with Gasteiger partial charge >= 0.3 is 0 Å². The first kappa shape index (κ1) is 18.4. The van der Waals surface area contributed by atoms with Gasteiger partial charge < -0.3 is 19.5 Å². The number of phenols is 1. The third kappa shape index (κ3) is 3.70. The molecule has 2 aromatic carbocycles. The maximum atomic E-state index is 12.8. The van der Waals surface area contributed by atoms with Gasteiger partial charge in [-0.05, 0) is 24.3 Å². The molecule has 0 saturated carbocycles. The second-order valence-corrected chi connectivity index (χ2v) is 9.00. The van der Waals surface area contributed by atoms with Crippen LogP contribution >= 0.6 is 11.6 Å². The van der Waals surface area contributed by atoms with Crippen LogP contribution in [0.5, 0.6) is 17.2 Å². The number of halogens is 1. The van der Waals surface area contributed by atoms with Gasteiger partial charge in [0.1, 0.15) is 12.3 Å². The quantitative estimate of drug-likeness (QED) is 0.780. The second-order valence-electron chi connectivity index (χ2n) is 6.62. The summed E-state index contributed by atoms with van der Waals surface area (Å²) in [7, 11) is -3.55. The van der Waals surface area contributed by atoms with Crippen molar-refractivity contribution in [2.24, 2.45) is 0 Å². The van der Waals surface area contributed by atoms with E-state index in [9.17, 15) is 13.5 Å². The molecule has 2 N–H and O–H groups in total. The lowest BCUT2D eigenvalue weighted by atomic mass is 10.1. The van der Waals surface area contributed by atoms with Crippen molar-refractivity contribution in [2.75, 3.05) is 33.0 Å².